The molecule has 1 fully saturated rings. The Balaban J connectivity index is 0.00000180. The van der Waals surface area contributed by atoms with E-state index < -0.39 is 6.04 Å². The minimum Gasteiger partial charge on any atom is -0.381 e. The molecule has 1 aromatic rings. The Morgan fingerprint density at radius 2 is 1.95 bits per heavy atom. The average Bonchev–Trinajstić information content (AvgIpc) is 2.41. The summed E-state index contributed by atoms with van der Waals surface area (Å²) in [6, 6.07) is 9.58. The SMILES string of the molecule is Cl.N[C@@H](Cc1ccccc1)C(=O)NC1CCOCC1. The molecule has 5 heteroatoms. The van der Waals surface area contributed by atoms with Crippen molar-refractivity contribution >= 4 is 18.3 Å². The summed E-state index contributed by atoms with van der Waals surface area (Å²) in [5.41, 5.74) is 7.01. The van der Waals surface area contributed by atoms with Gasteiger partial charge in [-0.1, -0.05) is 30.3 Å². The van der Waals surface area contributed by atoms with E-state index in [1.54, 1.807) is 0 Å². The predicted octanol–water partition coefficient (Wildman–Crippen LogP) is 1.27. The Morgan fingerprint density at radius 3 is 2.58 bits per heavy atom. The van der Waals surface area contributed by atoms with Crippen molar-refractivity contribution in [1.82, 2.24) is 5.32 Å². The first-order chi connectivity index (χ1) is 8.75. The van der Waals surface area contributed by atoms with Gasteiger partial charge in [-0.25, -0.2) is 0 Å². The average molecular weight is 285 g/mol. The maximum absolute atomic E-state index is 11.9. The zero-order chi connectivity index (χ0) is 12.8. The molecule has 0 unspecified atom stereocenters. The van der Waals surface area contributed by atoms with Crippen LogP contribution in [-0.2, 0) is 16.0 Å². The van der Waals surface area contributed by atoms with Gasteiger partial charge in [0.25, 0.3) is 0 Å². The van der Waals surface area contributed by atoms with E-state index in [0.29, 0.717) is 6.42 Å². The number of nitrogens with two attached hydrogens (primary N) is 1. The lowest BCUT2D eigenvalue weighted by Crippen LogP contribution is -2.48. The van der Waals surface area contributed by atoms with Gasteiger partial charge < -0.3 is 15.8 Å². The Kier molecular flexibility index (Phi) is 6.84. The van der Waals surface area contributed by atoms with Crippen LogP contribution in [0.1, 0.15) is 18.4 Å². The molecule has 0 spiro atoms. The van der Waals surface area contributed by atoms with E-state index in [4.69, 9.17) is 10.5 Å². The summed E-state index contributed by atoms with van der Waals surface area (Å²) < 4.78 is 5.25. The molecule has 1 saturated heterocycles. The summed E-state index contributed by atoms with van der Waals surface area (Å²) in [4.78, 5) is 11.9. The molecule has 106 valence electrons. The molecule has 2 rings (SSSR count). The number of ether oxygens (including phenoxy) is 1. The molecular formula is C14H21ClN2O2. The summed E-state index contributed by atoms with van der Waals surface area (Å²) in [6.45, 7) is 1.44. The summed E-state index contributed by atoms with van der Waals surface area (Å²) in [5, 5.41) is 2.99. The van der Waals surface area contributed by atoms with Crippen molar-refractivity contribution in [2.45, 2.75) is 31.3 Å². The van der Waals surface area contributed by atoms with Gasteiger partial charge in [-0.2, -0.15) is 0 Å². The van der Waals surface area contributed by atoms with Crippen molar-refractivity contribution in [3.63, 3.8) is 0 Å². The molecule has 1 aliphatic rings. The molecule has 0 radical (unpaired) electrons. The van der Waals surface area contributed by atoms with Crippen molar-refractivity contribution in [2.75, 3.05) is 13.2 Å². The highest BCUT2D eigenvalue weighted by Gasteiger charge is 2.20. The second kappa shape index (κ2) is 8.15. The minimum absolute atomic E-state index is 0. The number of rotatable bonds is 4. The van der Waals surface area contributed by atoms with Crippen LogP contribution in [-0.4, -0.2) is 31.2 Å². The van der Waals surface area contributed by atoms with Crippen LogP contribution in [0.15, 0.2) is 30.3 Å². The summed E-state index contributed by atoms with van der Waals surface area (Å²) in [7, 11) is 0. The number of halogens is 1. The van der Waals surface area contributed by atoms with E-state index in [2.05, 4.69) is 5.32 Å². The lowest BCUT2D eigenvalue weighted by Gasteiger charge is -2.24. The molecule has 1 aliphatic heterocycles. The molecule has 1 amide bonds. The van der Waals surface area contributed by atoms with Gasteiger partial charge in [-0.05, 0) is 24.8 Å². The first-order valence-electron chi connectivity index (χ1n) is 6.43. The van der Waals surface area contributed by atoms with Crippen LogP contribution in [0.4, 0.5) is 0 Å². The summed E-state index contributed by atoms with van der Waals surface area (Å²) >= 11 is 0. The largest absolute Gasteiger partial charge is 0.381 e. The molecule has 0 aliphatic carbocycles. The lowest BCUT2D eigenvalue weighted by molar-refractivity contribution is -0.123. The minimum atomic E-state index is -0.477. The molecule has 4 nitrogen and oxygen atoms in total. The third-order valence-electron chi connectivity index (χ3n) is 3.20. The smallest absolute Gasteiger partial charge is 0.237 e. The van der Waals surface area contributed by atoms with Gasteiger partial charge in [0.1, 0.15) is 0 Å². The normalized spacial score (nSPS) is 17.3. The van der Waals surface area contributed by atoms with Crippen molar-refractivity contribution in [3.8, 4) is 0 Å². The molecule has 1 atom stereocenters. The molecule has 0 aromatic heterocycles. The van der Waals surface area contributed by atoms with E-state index >= 15 is 0 Å². The fraction of sp³-hybridized carbons (Fsp3) is 0.500. The van der Waals surface area contributed by atoms with Gasteiger partial charge in [0, 0.05) is 19.3 Å². The Morgan fingerprint density at radius 1 is 1.32 bits per heavy atom. The van der Waals surface area contributed by atoms with Gasteiger partial charge in [-0.15, -0.1) is 12.4 Å². The number of carbonyl (C=O) groups is 1. The van der Waals surface area contributed by atoms with Crippen LogP contribution in [0.25, 0.3) is 0 Å². The van der Waals surface area contributed by atoms with Gasteiger partial charge in [0.2, 0.25) is 5.91 Å². The standard InChI is InChI=1S/C14H20N2O2.ClH/c15-13(10-11-4-2-1-3-5-11)14(17)16-12-6-8-18-9-7-12;/h1-5,12-13H,6-10,15H2,(H,16,17);1H/t13-;/m0./s1. The van der Waals surface area contributed by atoms with E-state index in [1.807, 2.05) is 30.3 Å². The second-order valence-corrected chi connectivity index (χ2v) is 4.69. The topological polar surface area (TPSA) is 64.4 Å². The quantitative estimate of drug-likeness (QED) is 0.875. The van der Waals surface area contributed by atoms with E-state index in [1.165, 1.54) is 0 Å². The van der Waals surface area contributed by atoms with Crippen molar-refractivity contribution < 1.29 is 9.53 Å². The van der Waals surface area contributed by atoms with Crippen LogP contribution in [0.2, 0.25) is 0 Å². The highest BCUT2D eigenvalue weighted by molar-refractivity contribution is 5.85. The van der Waals surface area contributed by atoms with Crippen molar-refractivity contribution in [2.24, 2.45) is 5.73 Å². The molecule has 1 aromatic carbocycles. The Labute approximate surface area is 120 Å². The fourth-order valence-electron chi connectivity index (χ4n) is 2.11. The fourth-order valence-corrected chi connectivity index (χ4v) is 2.11. The number of nitrogens with one attached hydrogen (secondary N) is 1. The highest BCUT2D eigenvalue weighted by Crippen LogP contribution is 2.07. The van der Waals surface area contributed by atoms with Gasteiger partial charge in [-0.3, -0.25) is 4.79 Å². The molecule has 0 bridgehead atoms. The van der Waals surface area contributed by atoms with E-state index in [-0.39, 0.29) is 24.4 Å². The third kappa shape index (κ3) is 5.19. The van der Waals surface area contributed by atoms with E-state index in [9.17, 15) is 4.79 Å². The molecule has 19 heavy (non-hydrogen) atoms. The Bertz CT molecular complexity index is 380. The second-order valence-electron chi connectivity index (χ2n) is 4.69. The number of hydrogen-bond acceptors (Lipinski definition) is 3. The summed E-state index contributed by atoms with van der Waals surface area (Å²) in [6.07, 6.45) is 2.34. The summed E-state index contributed by atoms with van der Waals surface area (Å²) in [5.74, 6) is -0.0641. The van der Waals surface area contributed by atoms with E-state index in [0.717, 1.165) is 31.6 Å². The molecule has 3 N–H and O–H groups in total. The van der Waals surface area contributed by atoms with Crippen molar-refractivity contribution in [3.05, 3.63) is 35.9 Å². The number of hydrogen-bond donors (Lipinski definition) is 2. The number of carbonyl (C=O) groups excluding carboxylic acids is 1. The van der Waals surface area contributed by atoms with Gasteiger partial charge >= 0.3 is 0 Å². The van der Waals surface area contributed by atoms with Gasteiger partial charge in [0.05, 0.1) is 6.04 Å². The Hall–Kier alpha value is -1.10. The molecule has 1 heterocycles. The predicted molar refractivity (Wildman–Crippen MR) is 77.4 cm³/mol. The van der Waals surface area contributed by atoms with Gasteiger partial charge in [0.15, 0.2) is 0 Å². The van der Waals surface area contributed by atoms with Crippen LogP contribution in [0.3, 0.4) is 0 Å². The number of amides is 1. The maximum Gasteiger partial charge on any atom is 0.237 e. The first kappa shape index (κ1) is 16.0. The highest BCUT2D eigenvalue weighted by atomic mass is 35.5. The van der Waals surface area contributed by atoms with Crippen LogP contribution < -0.4 is 11.1 Å². The zero-order valence-corrected chi connectivity index (χ0v) is 11.7. The third-order valence-corrected chi connectivity index (χ3v) is 3.20. The maximum atomic E-state index is 11.9. The zero-order valence-electron chi connectivity index (χ0n) is 10.9. The van der Waals surface area contributed by atoms with Crippen molar-refractivity contribution in [1.29, 1.82) is 0 Å². The molecular weight excluding hydrogens is 264 g/mol. The lowest BCUT2D eigenvalue weighted by atomic mass is 10.0. The molecule has 0 saturated carbocycles. The number of benzene rings is 1. The van der Waals surface area contributed by atoms with Crippen LogP contribution >= 0.6 is 12.4 Å². The first-order valence-corrected chi connectivity index (χ1v) is 6.43. The monoisotopic (exact) mass is 284 g/mol. The van der Waals surface area contributed by atoms with Crippen LogP contribution in [0, 0.1) is 0 Å². The van der Waals surface area contributed by atoms with Crippen LogP contribution in [0.5, 0.6) is 0 Å².